The lowest BCUT2D eigenvalue weighted by Gasteiger charge is -2.31. The van der Waals surface area contributed by atoms with Crippen molar-refractivity contribution in [1.82, 2.24) is 14.9 Å². The van der Waals surface area contributed by atoms with E-state index < -0.39 is 0 Å². The maximum atomic E-state index is 13.1. The molecular formula is C26H30N4O3S. The third-order valence-corrected chi connectivity index (χ3v) is 9.02. The molecule has 7 nitrogen and oxygen atoms in total. The number of carbonyl (C=O) groups excluding carboxylic acids is 2. The lowest BCUT2D eigenvalue weighted by atomic mass is 9.96. The van der Waals surface area contributed by atoms with Crippen molar-refractivity contribution in [2.24, 2.45) is 16.7 Å². The van der Waals surface area contributed by atoms with E-state index in [1.165, 1.54) is 17.7 Å². The number of likely N-dealkylation sites (tertiary alicyclic amines) is 1. The predicted octanol–water partition coefficient (Wildman–Crippen LogP) is 5.44. The fourth-order valence-electron chi connectivity index (χ4n) is 5.23. The number of nitrogens with one attached hydrogen (secondary N) is 1. The first kappa shape index (κ1) is 22.8. The van der Waals surface area contributed by atoms with Crippen molar-refractivity contribution < 1.29 is 14.0 Å². The Morgan fingerprint density at radius 2 is 1.88 bits per heavy atom. The number of nitrogens with zero attached hydrogens (tertiary/aromatic N) is 3. The Hall–Kier alpha value is -3.00. The molecule has 2 amide bonds. The van der Waals surface area contributed by atoms with Crippen LogP contribution in [0.3, 0.4) is 0 Å². The lowest BCUT2D eigenvalue weighted by Crippen LogP contribution is -2.39. The van der Waals surface area contributed by atoms with Crippen molar-refractivity contribution in [3.63, 3.8) is 0 Å². The molecule has 2 fully saturated rings. The zero-order chi connectivity index (χ0) is 24.1. The Balaban J connectivity index is 1.19. The van der Waals surface area contributed by atoms with Crippen LogP contribution in [-0.2, 0) is 4.79 Å². The highest BCUT2D eigenvalue weighted by atomic mass is 32.1. The van der Waals surface area contributed by atoms with E-state index in [1.54, 1.807) is 6.20 Å². The molecular weight excluding hydrogens is 448 g/mol. The van der Waals surface area contributed by atoms with E-state index in [-0.39, 0.29) is 28.6 Å². The maximum Gasteiger partial charge on any atom is 0.275 e. The molecule has 1 saturated heterocycles. The molecule has 1 aliphatic carbocycles. The molecule has 1 N–H and O–H groups in total. The molecule has 2 aliphatic rings. The quantitative estimate of drug-likeness (QED) is 0.528. The van der Waals surface area contributed by atoms with Gasteiger partial charge in [-0.3, -0.25) is 9.59 Å². The average Bonchev–Trinajstić information content (AvgIpc) is 3.37. The fraction of sp³-hybridized carbons (Fsp3) is 0.462. The van der Waals surface area contributed by atoms with Gasteiger partial charge >= 0.3 is 0 Å². The Morgan fingerprint density at radius 3 is 2.53 bits per heavy atom. The zero-order valence-electron chi connectivity index (χ0n) is 20.0. The number of hydrogen-bond acceptors (Lipinski definition) is 6. The summed E-state index contributed by atoms with van der Waals surface area (Å²) in [5.74, 6) is 1.09. The van der Waals surface area contributed by atoms with Crippen molar-refractivity contribution in [2.45, 2.75) is 46.5 Å². The van der Waals surface area contributed by atoms with Crippen LogP contribution >= 0.6 is 11.3 Å². The molecule has 3 aromatic rings. The van der Waals surface area contributed by atoms with Crippen molar-refractivity contribution in [2.75, 3.05) is 18.4 Å². The van der Waals surface area contributed by atoms with Gasteiger partial charge in [0.15, 0.2) is 12.2 Å². The van der Waals surface area contributed by atoms with Crippen LogP contribution in [0, 0.1) is 16.7 Å². The van der Waals surface area contributed by atoms with Crippen molar-refractivity contribution in [3.8, 4) is 11.3 Å². The topological polar surface area (TPSA) is 88.3 Å². The first-order valence-electron chi connectivity index (χ1n) is 11.7. The first-order valence-corrected chi connectivity index (χ1v) is 12.6. The van der Waals surface area contributed by atoms with Gasteiger partial charge in [-0.2, -0.15) is 0 Å². The number of benzene rings is 1. The number of piperidine rings is 1. The third-order valence-electron chi connectivity index (χ3n) is 8.02. The summed E-state index contributed by atoms with van der Waals surface area (Å²) in [6, 6.07) is 7.44. The van der Waals surface area contributed by atoms with Gasteiger partial charge in [-0.1, -0.05) is 39.8 Å². The smallest absolute Gasteiger partial charge is 0.275 e. The minimum Gasteiger partial charge on any atom is -0.444 e. The molecule has 1 aliphatic heterocycles. The molecule has 3 heterocycles. The van der Waals surface area contributed by atoms with Crippen LogP contribution in [0.4, 0.5) is 5.69 Å². The van der Waals surface area contributed by atoms with Crippen LogP contribution in [0.25, 0.3) is 11.3 Å². The van der Waals surface area contributed by atoms with E-state index in [4.69, 9.17) is 4.42 Å². The van der Waals surface area contributed by atoms with Gasteiger partial charge in [-0.15, -0.1) is 11.3 Å². The largest absolute Gasteiger partial charge is 0.444 e. The maximum absolute atomic E-state index is 13.1. The normalized spacial score (nSPS) is 19.7. The molecule has 178 valence electrons. The van der Waals surface area contributed by atoms with Crippen LogP contribution in [0.5, 0.6) is 0 Å². The Labute approximate surface area is 203 Å². The number of rotatable bonds is 5. The molecule has 0 radical (unpaired) electrons. The first-order chi connectivity index (χ1) is 16.2. The van der Waals surface area contributed by atoms with E-state index in [2.05, 4.69) is 43.0 Å². The Bertz CT molecular complexity index is 1190. The minimum atomic E-state index is -0.233. The molecule has 34 heavy (non-hydrogen) atoms. The zero-order valence-corrected chi connectivity index (χ0v) is 20.8. The minimum absolute atomic E-state index is 0.0624. The van der Waals surface area contributed by atoms with Crippen LogP contribution in [-0.4, -0.2) is 39.8 Å². The SMILES string of the molecule is CC1(C)C(C(=O)N2CCC(c3nc(C(=O)Nc4cccc(-c5cnco5)c4)cs3)CC2)C1(C)C. The summed E-state index contributed by atoms with van der Waals surface area (Å²) in [5.41, 5.74) is 2.06. The molecule has 1 aromatic carbocycles. The summed E-state index contributed by atoms with van der Waals surface area (Å²) in [4.78, 5) is 36.5. The average molecular weight is 479 g/mol. The number of oxazole rings is 1. The van der Waals surface area contributed by atoms with E-state index >= 15 is 0 Å². The standard InChI is InChI=1S/C26H30N4O3S/c1-25(2)21(26(25,3)4)24(32)30-10-8-16(9-11-30)23-29-19(14-34-23)22(31)28-18-7-5-6-17(12-18)20-13-27-15-33-20/h5-7,12-16,21H,8-11H2,1-4H3,(H,28,31). The summed E-state index contributed by atoms with van der Waals surface area (Å²) in [6.45, 7) is 10.3. The van der Waals surface area contributed by atoms with E-state index in [0.29, 0.717) is 23.0 Å². The lowest BCUT2D eigenvalue weighted by molar-refractivity contribution is -0.134. The van der Waals surface area contributed by atoms with Gasteiger partial charge in [0.25, 0.3) is 5.91 Å². The Morgan fingerprint density at radius 1 is 1.15 bits per heavy atom. The summed E-state index contributed by atoms with van der Waals surface area (Å²) in [6.07, 6.45) is 4.78. The van der Waals surface area contributed by atoms with Crippen molar-refractivity contribution in [3.05, 3.63) is 52.9 Å². The van der Waals surface area contributed by atoms with E-state index in [0.717, 1.165) is 36.5 Å². The highest BCUT2D eigenvalue weighted by molar-refractivity contribution is 7.10. The Kier molecular flexibility index (Phi) is 5.59. The third kappa shape index (κ3) is 3.94. The molecule has 2 aromatic heterocycles. The summed E-state index contributed by atoms with van der Waals surface area (Å²) < 4.78 is 5.33. The van der Waals surface area contributed by atoms with Gasteiger partial charge in [0.1, 0.15) is 5.69 Å². The van der Waals surface area contributed by atoms with Gasteiger partial charge in [-0.05, 0) is 35.8 Å². The van der Waals surface area contributed by atoms with Crippen LogP contribution < -0.4 is 5.32 Å². The second kappa shape index (κ2) is 8.34. The second-order valence-electron chi connectivity index (χ2n) is 10.4. The number of thiazole rings is 1. The number of aromatic nitrogens is 2. The predicted molar refractivity (Wildman–Crippen MR) is 132 cm³/mol. The number of carbonyl (C=O) groups is 2. The van der Waals surface area contributed by atoms with Gasteiger partial charge in [-0.25, -0.2) is 9.97 Å². The second-order valence-corrected chi connectivity index (χ2v) is 11.3. The van der Waals surface area contributed by atoms with Gasteiger partial charge in [0.05, 0.1) is 11.2 Å². The van der Waals surface area contributed by atoms with Crippen LogP contribution in [0.15, 0.2) is 46.7 Å². The fourth-order valence-corrected chi connectivity index (χ4v) is 6.20. The molecule has 0 spiro atoms. The van der Waals surface area contributed by atoms with Gasteiger partial charge in [0, 0.05) is 41.6 Å². The van der Waals surface area contributed by atoms with Gasteiger partial charge in [0.2, 0.25) is 5.91 Å². The number of amides is 2. The monoisotopic (exact) mass is 478 g/mol. The number of hydrogen-bond donors (Lipinski definition) is 1. The summed E-state index contributed by atoms with van der Waals surface area (Å²) >= 11 is 1.53. The molecule has 5 rings (SSSR count). The van der Waals surface area contributed by atoms with E-state index in [1.807, 2.05) is 34.5 Å². The van der Waals surface area contributed by atoms with E-state index in [9.17, 15) is 9.59 Å². The molecule has 8 heteroatoms. The van der Waals surface area contributed by atoms with Crippen LogP contribution in [0.1, 0.15) is 62.0 Å². The number of anilines is 1. The van der Waals surface area contributed by atoms with Crippen LogP contribution in [0.2, 0.25) is 0 Å². The van der Waals surface area contributed by atoms with Crippen molar-refractivity contribution in [1.29, 1.82) is 0 Å². The molecule has 0 bridgehead atoms. The highest BCUT2D eigenvalue weighted by Gasteiger charge is 2.68. The molecule has 0 unspecified atom stereocenters. The highest BCUT2D eigenvalue weighted by Crippen LogP contribution is 2.68. The van der Waals surface area contributed by atoms with Gasteiger partial charge < -0.3 is 14.6 Å². The molecule has 0 atom stereocenters. The summed E-state index contributed by atoms with van der Waals surface area (Å²) in [5, 5.41) is 5.71. The molecule has 1 saturated carbocycles. The van der Waals surface area contributed by atoms with Crippen molar-refractivity contribution >= 4 is 28.8 Å². The summed E-state index contributed by atoms with van der Waals surface area (Å²) in [7, 11) is 0.